The van der Waals surface area contributed by atoms with E-state index in [9.17, 15) is 14.7 Å². The number of carboxylic acids is 1. The molecule has 0 aromatic heterocycles. The van der Waals surface area contributed by atoms with Gasteiger partial charge in [0.1, 0.15) is 0 Å². The number of hydrogen-bond acceptors (Lipinski definition) is 4. The van der Waals surface area contributed by atoms with Crippen molar-refractivity contribution in [3.8, 4) is 0 Å². The quantitative estimate of drug-likeness (QED) is 0.143. The summed E-state index contributed by atoms with van der Waals surface area (Å²) in [4.78, 5) is 29.0. The zero-order valence-electron chi connectivity index (χ0n) is 37.6. The smallest absolute Gasteiger partial charge is 0.335 e. The second-order valence-corrected chi connectivity index (χ2v) is 19.9. The molecule has 6 heteroatoms. The molecular formula is C58H63N3O3. The maximum atomic E-state index is 12.0. The highest BCUT2D eigenvalue weighted by atomic mass is 16.4. The lowest BCUT2D eigenvalue weighted by molar-refractivity contribution is 0.00440. The van der Waals surface area contributed by atoms with Gasteiger partial charge in [0, 0.05) is 42.6 Å². The van der Waals surface area contributed by atoms with Crippen molar-refractivity contribution in [1.29, 1.82) is 0 Å². The van der Waals surface area contributed by atoms with Gasteiger partial charge in [-0.25, -0.2) is 4.79 Å². The van der Waals surface area contributed by atoms with Crippen LogP contribution in [0.3, 0.4) is 0 Å². The second kappa shape index (κ2) is 18.0. The topological polar surface area (TPSA) is 86.9 Å². The van der Waals surface area contributed by atoms with Gasteiger partial charge < -0.3 is 20.6 Å². The van der Waals surface area contributed by atoms with Crippen LogP contribution >= 0.6 is 0 Å². The first-order valence-corrected chi connectivity index (χ1v) is 23.4. The highest BCUT2D eigenvalue weighted by Gasteiger charge is 2.56. The average Bonchev–Trinajstić information content (AvgIpc) is 3.31. The molecule has 3 N–H and O–H groups in total. The van der Waals surface area contributed by atoms with Crippen molar-refractivity contribution in [2.75, 3.05) is 39.3 Å². The number of likely N-dealkylation sites (tertiary alicyclic amines) is 2. The number of hydrogen-bond donors (Lipinski definition) is 2. The van der Waals surface area contributed by atoms with Crippen LogP contribution in [0, 0.1) is 10.8 Å². The molecule has 6 aromatic carbocycles. The van der Waals surface area contributed by atoms with Crippen LogP contribution in [0.1, 0.15) is 91.9 Å². The lowest BCUT2D eigenvalue weighted by Crippen LogP contribution is -2.60. The first-order chi connectivity index (χ1) is 31.0. The molecular weight excluding hydrogens is 787 g/mol. The lowest BCUT2D eigenvalue weighted by atomic mass is 9.50. The molecule has 0 unspecified atom stereocenters. The number of amides is 1. The Hall–Kier alpha value is -5.82. The number of carbonyl (C=O) groups is 2. The van der Waals surface area contributed by atoms with E-state index in [1.54, 1.807) is 6.07 Å². The summed E-state index contributed by atoms with van der Waals surface area (Å²) in [6, 6.07) is 55.1. The van der Waals surface area contributed by atoms with Crippen LogP contribution in [-0.2, 0) is 49.4 Å². The third kappa shape index (κ3) is 8.46. The SMILES string of the molecule is C[C@]12Cc3ccccc3C[C@@]1(c1cccc(C(=O)O)c1)CCN(CCc1ccccc1)C2.C[C@]12Cc3ccccc3C[C@@]1(c1cccc(C(N)=O)c1)CCN(CCc1ccccc1)C2. The largest absolute Gasteiger partial charge is 0.478 e. The molecule has 0 bridgehead atoms. The molecule has 2 heterocycles. The van der Waals surface area contributed by atoms with Gasteiger partial charge in [-0.3, -0.25) is 4.79 Å². The van der Waals surface area contributed by atoms with Crippen molar-refractivity contribution in [2.45, 2.75) is 76.0 Å². The van der Waals surface area contributed by atoms with Gasteiger partial charge in [0.2, 0.25) is 5.91 Å². The Labute approximate surface area is 380 Å². The molecule has 328 valence electrons. The van der Waals surface area contributed by atoms with E-state index in [1.807, 2.05) is 24.3 Å². The van der Waals surface area contributed by atoms with E-state index >= 15 is 0 Å². The fraction of sp³-hybridized carbons (Fsp3) is 0.345. The van der Waals surface area contributed by atoms with E-state index in [2.05, 4.69) is 151 Å². The van der Waals surface area contributed by atoms with Crippen molar-refractivity contribution in [3.63, 3.8) is 0 Å². The van der Waals surface area contributed by atoms with Gasteiger partial charge in [-0.05, 0) is 144 Å². The summed E-state index contributed by atoms with van der Waals surface area (Å²) >= 11 is 0. The molecule has 2 saturated heterocycles. The Balaban J connectivity index is 0.000000162. The van der Waals surface area contributed by atoms with Gasteiger partial charge in [-0.15, -0.1) is 0 Å². The number of carboxylic acid groups (broad SMARTS) is 1. The number of nitrogens with zero attached hydrogens (tertiary/aromatic N) is 2. The van der Waals surface area contributed by atoms with Gasteiger partial charge in [0.25, 0.3) is 0 Å². The van der Waals surface area contributed by atoms with Crippen molar-refractivity contribution in [3.05, 3.63) is 213 Å². The minimum atomic E-state index is -0.846. The first-order valence-electron chi connectivity index (χ1n) is 23.4. The van der Waals surface area contributed by atoms with E-state index in [4.69, 9.17) is 5.73 Å². The van der Waals surface area contributed by atoms with E-state index in [1.165, 1.54) is 44.5 Å². The predicted octanol–water partition coefficient (Wildman–Crippen LogP) is 10.2. The molecule has 10 rings (SSSR count). The Bertz CT molecular complexity index is 2430. The van der Waals surface area contributed by atoms with Crippen LogP contribution in [0.15, 0.2) is 158 Å². The predicted molar refractivity (Wildman–Crippen MR) is 258 cm³/mol. The minimum absolute atomic E-state index is 0.00998. The molecule has 0 spiro atoms. The van der Waals surface area contributed by atoms with Crippen LogP contribution in [0.2, 0.25) is 0 Å². The maximum absolute atomic E-state index is 12.0. The van der Waals surface area contributed by atoms with Gasteiger partial charge in [-0.2, -0.15) is 0 Å². The molecule has 1 amide bonds. The standard InChI is InChI=1S/C29H32N2O.C29H31NO2/c1-28-19-24-10-5-6-11-25(24)20-29(28,26-13-7-12-23(18-26)27(30)32)15-17-31(21-28)16-14-22-8-3-2-4-9-22;1-28-19-24-10-5-6-11-25(24)20-29(28,26-13-7-12-23(18-26)27(31)32)15-17-30(21-28)16-14-22-8-3-2-4-9-22/h2-13,18H,14-17,19-21H2,1H3,(H2,30,32);2-13,18H,14-17,19-21H2,1H3,(H,31,32)/t2*28-,29-/m11/s1. The highest BCUT2D eigenvalue weighted by molar-refractivity contribution is 5.93. The number of benzene rings is 6. The monoisotopic (exact) mass is 849 g/mol. The van der Waals surface area contributed by atoms with Crippen molar-refractivity contribution >= 4 is 11.9 Å². The molecule has 6 nitrogen and oxygen atoms in total. The molecule has 64 heavy (non-hydrogen) atoms. The Morgan fingerprint density at radius 2 is 0.906 bits per heavy atom. The fourth-order valence-corrected chi connectivity index (χ4v) is 12.5. The van der Waals surface area contributed by atoms with Crippen LogP contribution in [0.5, 0.6) is 0 Å². The summed E-state index contributed by atoms with van der Waals surface area (Å²) in [6.07, 6.45) is 8.38. The highest BCUT2D eigenvalue weighted by Crippen LogP contribution is 2.57. The zero-order chi connectivity index (χ0) is 44.4. The van der Waals surface area contributed by atoms with Gasteiger partial charge in [0.05, 0.1) is 5.56 Å². The van der Waals surface area contributed by atoms with Crippen LogP contribution in [0.25, 0.3) is 0 Å². The first kappa shape index (κ1) is 43.4. The molecule has 2 aliphatic carbocycles. The lowest BCUT2D eigenvalue weighted by Gasteiger charge is -2.58. The third-order valence-electron chi connectivity index (χ3n) is 16.0. The maximum Gasteiger partial charge on any atom is 0.335 e. The molecule has 0 saturated carbocycles. The van der Waals surface area contributed by atoms with Crippen molar-refractivity contribution in [2.24, 2.45) is 16.6 Å². The van der Waals surface area contributed by atoms with Crippen molar-refractivity contribution < 1.29 is 14.7 Å². The van der Waals surface area contributed by atoms with Gasteiger partial charge in [-0.1, -0.05) is 147 Å². The number of primary amides is 1. The normalized spacial score (nSPS) is 25.0. The summed E-state index contributed by atoms with van der Waals surface area (Å²) in [7, 11) is 0. The van der Waals surface area contributed by atoms with Gasteiger partial charge in [0.15, 0.2) is 0 Å². The summed E-state index contributed by atoms with van der Waals surface area (Å²) in [5.74, 6) is -1.19. The number of piperidine rings is 2. The van der Waals surface area contributed by atoms with E-state index in [0.717, 1.165) is 90.6 Å². The van der Waals surface area contributed by atoms with Crippen LogP contribution in [-0.4, -0.2) is 66.1 Å². The van der Waals surface area contributed by atoms with Crippen LogP contribution < -0.4 is 5.73 Å². The molecule has 2 aliphatic heterocycles. The molecule has 2 fully saturated rings. The number of rotatable bonds is 10. The number of carbonyl (C=O) groups excluding carboxylic acids is 1. The molecule has 4 aliphatic rings. The summed E-state index contributed by atoms with van der Waals surface area (Å²) in [5.41, 5.74) is 17.8. The molecule has 0 radical (unpaired) electrons. The zero-order valence-corrected chi connectivity index (χ0v) is 37.6. The Morgan fingerprint density at radius 1 is 0.516 bits per heavy atom. The van der Waals surface area contributed by atoms with Crippen molar-refractivity contribution in [1.82, 2.24) is 9.80 Å². The summed E-state index contributed by atoms with van der Waals surface area (Å²) in [5, 5.41) is 9.64. The van der Waals surface area contributed by atoms with E-state index < -0.39 is 5.97 Å². The summed E-state index contributed by atoms with van der Waals surface area (Å²) < 4.78 is 0. The number of aromatic carboxylic acids is 1. The van der Waals surface area contributed by atoms with E-state index in [0.29, 0.717) is 11.1 Å². The molecule has 4 atom stereocenters. The van der Waals surface area contributed by atoms with E-state index in [-0.39, 0.29) is 27.6 Å². The Morgan fingerprint density at radius 3 is 1.33 bits per heavy atom. The Kier molecular flexibility index (Phi) is 12.2. The van der Waals surface area contributed by atoms with Crippen LogP contribution in [0.4, 0.5) is 0 Å². The third-order valence-corrected chi connectivity index (χ3v) is 16.0. The fourth-order valence-electron chi connectivity index (χ4n) is 12.5. The second-order valence-electron chi connectivity index (χ2n) is 19.9. The van der Waals surface area contributed by atoms with Gasteiger partial charge >= 0.3 is 5.97 Å². The minimum Gasteiger partial charge on any atom is -0.478 e. The molecule has 6 aromatic rings. The number of fused-ring (bicyclic) bond motifs is 4. The average molecular weight is 850 g/mol. The summed E-state index contributed by atoms with van der Waals surface area (Å²) in [6.45, 7) is 11.3. The number of nitrogens with two attached hydrogens (primary N) is 1.